The van der Waals surface area contributed by atoms with Gasteiger partial charge in [-0.05, 0) is 77.1 Å². The number of hydrogen-bond donors (Lipinski definition) is 1. The molecule has 0 bridgehead atoms. The van der Waals surface area contributed by atoms with Crippen molar-refractivity contribution >= 4 is 52.7 Å². The summed E-state index contributed by atoms with van der Waals surface area (Å²) in [5.41, 5.74) is 4.14. The number of aryl methyl sites for hydroxylation is 1. The van der Waals surface area contributed by atoms with E-state index in [4.69, 9.17) is 22.6 Å². The summed E-state index contributed by atoms with van der Waals surface area (Å²) in [5, 5.41) is 6.97. The van der Waals surface area contributed by atoms with Crippen LogP contribution in [-0.4, -0.2) is 91.5 Å². The molecule has 5 aromatic rings. The van der Waals surface area contributed by atoms with Crippen LogP contribution in [0.5, 0.6) is 0 Å². The van der Waals surface area contributed by atoms with E-state index in [1.165, 1.54) is 75.9 Å². The minimum absolute atomic E-state index is 0.112. The van der Waals surface area contributed by atoms with Gasteiger partial charge in [-0.3, -0.25) is 24.3 Å². The van der Waals surface area contributed by atoms with Gasteiger partial charge in [0.2, 0.25) is 0 Å². The van der Waals surface area contributed by atoms with Crippen molar-refractivity contribution in [2.75, 3.05) is 20.3 Å². The number of hydrogen-bond acceptors (Lipinski definition) is 15. The topological polar surface area (TPSA) is 236 Å². The van der Waals surface area contributed by atoms with Crippen molar-refractivity contribution in [1.29, 1.82) is 0 Å². The fraction of sp³-hybridized carbons (Fsp3) is 0.238. The number of ether oxygens (including phenoxy) is 3. The summed E-state index contributed by atoms with van der Waals surface area (Å²) in [5.74, 6) is -1.82. The Kier molecular flexibility index (Phi) is 20.2. The maximum absolute atomic E-state index is 11.5. The van der Waals surface area contributed by atoms with Gasteiger partial charge < -0.3 is 23.9 Å². The molecule has 0 spiro atoms. The van der Waals surface area contributed by atoms with Crippen molar-refractivity contribution in [3.05, 3.63) is 136 Å². The molecule has 0 fully saturated rings. The van der Waals surface area contributed by atoms with E-state index < -0.39 is 17.9 Å². The van der Waals surface area contributed by atoms with Crippen LogP contribution in [0.2, 0.25) is 0 Å². The van der Waals surface area contributed by atoms with E-state index in [0.29, 0.717) is 29.0 Å². The van der Waals surface area contributed by atoms with E-state index in [9.17, 15) is 33.6 Å². The molecule has 0 saturated heterocycles. The fourth-order valence-electron chi connectivity index (χ4n) is 4.29. The Morgan fingerprint density at radius 1 is 0.617 bits per heavy atom. The highest BCUT2D eigenvalue weighted by Gasteiger charge is 2.13. The predicted molar refractivity (Wildman–Crippen MR) is 214 cm³/mol. The number of Topliss-reactive ketones (excluding diaryl/α,β-unsaturated/α-hetero) is 4. The number of carbonyl (C=O) groups is 7. The van der Waals surface area contributed by atoms with Gasteiger partial charge in [0, 0.05) is 29.2 Å². The van der Waals surface area contributed by atoms with E-state index >= 15 is 0 Å². The van der Waals surface area contributed by atoms with Crippen molar-refractivity contribution in [2.24, 2.45) is 0 Å². The highest BCUT2D eigenvalue weighted by atomic mass is 16.5. The van der Waals surface area contributed by atoms with Gasteiger partial charge in [0.15, 0.2) is 11.6 Å². The van der Waals surface area contributed by atoms with E-state index in [-0.39, 0.29) is 59.9 Å². The van der Waals surface area contributed by atoms with Crippen LogP contribution < -0.4 is 0 Å². The number of aromatic nitrogens is 6. The lowest BCUT2D eigenvalue weighted by Crippen LogP contribution is -2.09. The number of aromatic amines is 1. The molecule has 0 saturated carbocycles. The minimum atomic E-state index is -0.530. The average molecular weight is 817 g/mol. The molecular formula is C42H40N8O10. The lowest BCUT2D eigenvalue weighted by Gasteiger charge is -2.02. The van der Waals surface area contributed by atoms with Gasteiger partial charge >= 0.3 is 17.9 Å². The summed E-state index contributed by atoms with van der Waals surface area (Å²) < 4.78 is 14.1. The van der Waals surface area contributed by atoms with Crippen LogP contribution in [0.1, 0.15) is 98.3 Å². The monoisotopic (exact) mass is 816 g/mol. The van der Waals surface area contributed by atoms with Crippen LogP contribution in [0.15, 0.2) is 79.4 Å². The zero-order valence-corrected chi connectivity index (χ0v) is 33.5. The van der Waals surface area contributed by atoms with Gasteiger partial charge in [-0.15, -0.1) is 9.97 Å². The van der Waals surface area contributed by atoms with Crippen molar-refractivity contribution in [3.8, 4) is 11.3 Å². The number of carbonyl (C=O) groups excluding carboxylic acids is 7. The first kappa shape index (κ1) is 48.0. The smallest absolute Gasteiger partial charge is 0.356 e. The molecule has 5 aromatic heterocycles. The zero-order valence-electron chi connectivity index (χ0n) is 33.5. The quantitative estimate of drug-likeness (QED) is 0.0460. The van der Waals surface area contributed by atoms with Crippen LogP contribution in [-0.2, 0) is 23.8 Å². The molecule has 1 N–H and O–H groups in total. The van der Waals surface area contributed by atoms with Crippen LogP contribution in [0.4, 0.5) is 11.6 Å². The molecule has 0 unspecified atom stereocenters. The summed E-state index contributed by atoms with van der Waals surface area (Å²) in [6, 6.07) is 14.2. The molecule has 18 nitrogen and oxygen atoms in total. The molecule has 0 radical (unpaired) electrons. The second kappa shape index (κ2) is 25.2. The average Bonchev–Trinajstić information content (AvgIpc) is 3.70. The first-order chi connectivity index (χ1) is 28.6. The minimum Gasteiger partial charge on any atom is -0.465 e. The van der Waals surface area contributed by atoms with E-state index in [2.05, 4.69) is 44.6 Å². The summed E-state index contributed by atoms with van der Waals surface area (Å²) in [4.78, 5) is 99.3. The molecular weight excluding hydrogens is 777 g/mol. The third kappa shape index (κ3) is 16.5. The standard InChI is InChI=1S/C12H13N3O2.C12H13NO4.C10H8N2O2.C8H6N2O2/c1-3-17-12(16)10-5-4-9(7-13-10)11-6-8(2)14-15-11;1-3-17-12(16)10-5-4-9(7-13-10)11(15)6-8(2)14;1-7(13)5-9(14)8-3-4-10(11-2)12-6-8;1-9-7-4-3-6(5-10-7)8(11)12-2/h4-7H,3H2,1-2H3,(H,14,15);4-5,7H,3,6H2,1-2H3;3-4,6H,5H2,1H3;3-5H,2H3. The maximum Gasteiger partial charge on any atom is 0.356 e. The fourth-order valence-corrected chi connectivity index (χ4v) is 4.29. The maximum atomic E-state index is 11.5. The first-order valence-corrected chi connectivity index (χ1v) is 17.7. The molecule has 0 aliphatic rings. The highest BCUT2D eigenvalue weighted by molar-refractivity contribution is 6.08. The Hall–Kier alpha value is -8.12. The number of ketones is 4. The number of H-pyrrole nitrogens is 1. The van der Waals surface area contributed by atoms with Gasteiger partial charge in [-0.25, -0.2) is 24.4 Å². The normalized spacial score (nSPS) is 9.53. The largest absolute Gasteiger partial charge is 0.465 e. The van der Waals surface area contributed by atoms with Crippen LogP contribution in [0.3, 0.4) is 0 Å². The van der Waals surface area contributed by atoms with Gasteiger partial charge in [-0.2, -0.15) is 5.10 Å². The molecule has 5 rings (SSSR count). The molecule has 0 aliphatic carbocycles. The molecule has 0 aliphatic heterocycles. The van der Waals surface area contributed by atoms with Crippen molar-refractivity contribution in [2.45, 2.75) is 47.5 Å². The molecule has 5 heterocycles. The highest BCUT2D eigenvalue weighted by Crippen LogP contribution is 2.17. The van der Waals surface area contributed by atoms with Crippen molar-refractivity contribution < 1.29 is 47.8 Å². The van der Waals surface area contributed by atoms with Gasteiger partial charge in [0.1, 0.15) is 40.9 Å². The summed E-state index contributed by atoms with van der Waals surface area (Å²) in [6.45, 7) is 22.0. The Morgan fingerprint density at radius 3 is 1.40 bits per heavy atom. The van der Waals surface area contributed by atoms with E-state index in [1.54, 1.807) is 32.2 Å². The van der Waals surface area contributed by atoms with Gasteiger partial charge in [-0.1, -0.05) is 25.3 Å². The van der Waals surface area contributed by atoms with Crippen molar-refractivity contribution in [3.63, 3.8) is 0 Å². The van der Waals surface area contributed by atoms with E-state index in [0.717, 1.165) is 17.0 Å². The van der Waals surface area contributed by atoms with Gasteiger partial charge in [0.05, 0.1) is 44.4 Å². The number of rotatable bonds is 12. The molecule has 0 aromatic carbocycles. The third-order valence-corrected chi connectivity index (χ3v) is 7.11. The second-order valence-electron chi connectivity index (χ2n) is 11.9. The number of nitrogens with one attached hydrogen (secondary N) is 1. The number of methoxy groups -OCH3 is 1. The lowest BCUT2D eigenvalue weighted by molar-refractivity contribution is -0.117. The van der Waals surface area contributed by atoms with E-state index in [1.807, 2.05) is 13.0 Å². The van der Waals surface area contributed by atoms with Crippen LogP contribution in [0, 0.1) is 20.1 Å². The SMILES string of the molecule is CCOC(=O)c1ccc(-c2cc(C)[nH]n2)cn1.CCOC(=O)c1ccc(C(=O)CC(C)=O)cn1.[C-]#[N+]c1ccc(C(=O)CC(C)=O)cn1.[C-]#[N+]c1ccc(C(=O)OC)cn1. The van der Waals surface area contributed by atoms with Crippen molar-refractivity contribution in [1.82, 2.24) is 30.1 Å². The summed E-state index contributed by atoms with van der Waals surface area (Å²) in [7, 11) is 1.30. The Bertz CT molecular complexity index is 2340. The Labute approximate surface area is 345 Å². The van der Waals surface area contributed by atoms with Crippen LogP contribution in [0.25, 0.3) is 20.9 Å². The molecule has 308 valence electrons. The predicted octanol–water partition coefficient (Wildman–Crippen LogP) is 6.59. The zero-order chi connectivity index (χ0) is 44.6. The van der Waals surface area contributed by atoms with Gasteiger partial charge in [0.25, 0.3) is 11.6 Å². The van der Waals surface area contributed by atoms with Crippen LogP contribution >= 0.6 is 0 Å². The second-order valence-corrected chi connectivity index (χ2v) is 11.9. The lowest BCUT2D eigenvalue weighted by atomic mass is 10.1. The molecule has 18 heteroatoms. The first-order valence-electron chi connectivity index (χ1n) is 17.7. The summed E-state index contributed by atoms with van der Waals surface area (Å²) in [6.07, 6.45) is 5.26. The number of nitrogens with zero attached hydrogens (tertiary/aromatic N) is 7. The Balaban J connectivity index is 0.000000278. The Morgan fingerprint density at radius 2 is 1.07 bits per heavy atom. The molecule has 0 atom stereocenters. The third-order valence-electron chi connectivity index (χ3n) is 7.11. The molecule has 60 heavy (non-hydrogen) atoms. The number of pyridine rings is 4. The number of esters is 3. The summed E-state index contributed by atoms with van der Waals surface area (Å²) >= 11 is 0. The molecule has 0 amide bonds.